The van der Waals surface area contributed by atoms with Crippen LogP contribution >= 0.6 is 0 Å². The van der Waals surface area contributed by atoms with E-state index in [0.29, 0.717) is 0 Å². The van der Waals surface area contributed by atoms with Crippen LogP contribution in [0.1, 0.15) is 22.3 Å². The molecule has 0 spiro atoms. The normalized spacial score (nSPS) is 11.5. The summed E-state index contributed by atoms with van der Waals surface area (Å²) >= 11 is 0. The van der Waals surface area contributed by atoms with Gasteiger partial charge in [-0.25, -0.2) is 0 Å². The van der Waals surface area contributed by atoms with E-state index in [-0.39, 0.29) is 0 Å². The minimum atomic E-state index is 1.06. The van der Waals surface area contributed by atoms with Gasteiger partial charge in [0.2, 0.25) is 0 Å². The third kappa shape index (κ3) is 10.3. The van der Waals surface area contributed by atoms with Gasteiger partial charge in [0.15, 0.2) is 0 Å². The van der Waals surface area contributed by atoms with Gasteiger partial charge in [0, 0.05) is 33.5 Å². The van der Waals surface area contributed by atoms with Crippen LogP contribution in [0.15, 0.2) is 328 Å². The second-order valence-corrected chi connectivity index (χ2v) is 21.2. The molecule has 0 aliphatic heterocycles. The second-order valence-electron chi connectivity index (χ2n) is 21.2. The van der Waals surface area contributed by atoms with E-state index in [1.165, 1.54) is 65.7 Å². The first-order valence-electron chi connectivity index (χ1n) is 28.8. The van der Waals surface area contributed by atoms with E-state index >= 15 is 0 Å². The standard InChI is InChI=1S/C82H58N2/c1-5-21-59(22-6-1)39-41-61-43-51-69(52-44-61)83(77-37-19-31-63-25-13-15-33-73(63)77)71-55-47-67(48-56-71)81-79(65-27-9-3-10-28-65)75-35-17-18-36-76(75)80(66-29-11-4-12-30-66)82(81)68-49-57-72(58-50-68)84(78-38-20-32-64-26-14-16-34-74(64)78)70-53-45-62(46-54-70)42-40-60-23-7-2-8-24-60/h1-58H/b41-39+,42-40+. The third-order valence-corrected chi connectivity index (χ3v) is 16.0. The Balaban J connectivity index is 0.947. The third-order valence-electron chi connectivity index (χ3n) is 16.0. The van der Waals surface area contributed by atoms with E-state index in [1.807, 2.05) is 0 Å². The number of benzene rings is 14. The summed E-state index contributed by atoms with van der Waals surface area (Å²) in [6.45, 7) is 0. The molecule has 0 amide bonds. The lowest BCUT2D eigenvalue weighted by Crippen LogP contribution is -2.10. The number of anilines is 6. The molecule has 14 aromatic rings. The zero-order chi connectivity index (χ0) is 56.0. The predicted molar refractivity (Wildman–Crippen MR) is 361 cm³/mol. The lowest BCUT2D eigenvalue weighted by molar-refractivity contribution is 1.29. The predicted octanol–water partition coefficient (Wildman–Crippen LogP) is 23.1. The Labute approximate surface area is 492 Å². The van der Waals surface area contributed by atoms with Gasteiger partial charge >= 0.3 is 0 Å². The molecule has 2 nitrogen and oxygen atoms in total. The summed E-state index contributed by atoms with van der Waals surface area (Å²) in [7, 11) is 0. The van der Waals surface area contributed by atoms with Crippen LogP contribution in [-0.4, -0.2) is 0 Å². The van der Waals surface area contributed by atoms with Gasteiger partial charge in [0.25, 0.3) is 0 Å². The first-order chi connectivity index (χ1) is 41.7. The van der Waals surface area contributed by atoms with Crippen molar-refractivity contribution in [2.45, 2.75) is 0 Å². The van der Waals surface area contributed by atoms with E-state index in [0.717, 1.165) is 67.5 Å². The van der Waals surface area contributed by atoms with Crippen molar-refractivity contribution in [3.05, 3.63) is 350 Å². The largest absolute Gasteiger partial charge is 0.310 e. The molecule has 14 aromatic carbocycles. The van der Waals surface area contributed by atoms with Crippen LogP contribution in [0.4, 0.5) is 34.1 Å². The fourth-order valence-electron chi connectivity index (χ4n) is 12.0. The van der Waals surface area contributed by atoms with Crippen molar-refractivity contribution >= 4 is 90.7 Å². The van der Waals surface area contributed by atoms with Crippen molar-refractivity contribution in [3.8, 4) is 44.5 Å². The molecule has 0 fully saturated rings. The zero-order valence-electron chi connectivity index (χ0n) is 46.4. The van der Waals surface area contributed by atoms with Gasteiger partial charge in [-0.1, -0.05) is 291 Å². The van der Waals surface area contributed by atoms with Gasteiger partial charge in [-0.15, -0.1) is 0 Å². The molecular formula is C82H58N2. The van der Waals surface area contributed by atoms with Gasteiger partial charge in [-0.3, -0.25) is 0 Å². The highest BCUT2D eigenvalue weighted by Gasteiger charge is 2.26. The van der Waals surface area contributed by atoms with E-state index in [2.05, 4.69) is 362 Å². The van der Waals surface area contributed by atoms with Gasteiger partial charge < -0.3 is 9.80 Å². The molecule has 0 saturated carbocycles. The molecule has 0 saturated heterocycles. The maximum atomic E-state index is 2.40. The average Bonchev–Trinajstić information content (AvgIpc) is 1.18. The molecule has 0 atom stereocenters. The maximum absolute atomic E-state index is 2.40. The lowest BCUT2D eigenvalue weighted by Gasteiger charge is -2.28. The Morgan fingerprint density at radius 1 is 0.179 bits per heavy atom. The van der Waals surface area contributed by atoms with Crippen LogP contribution in [0.3, 0.4) is 0 Å². The van der Waals surface area contributed by atoms with E-state index < -0.39 is 0 Å². The monoisotopic (exact) mass is 1070 g/mol. The summed E-state index contributed by atoms with van der Waals surface area (Å²) < 4.78 is 0. The number of nitrogens with zero attached hydrogens (tertiary/aromatic N) is 2. The molecule has 396 valence electrons. The Bertz CT molecular complexity index is 4330. The van der Waals surface area contributed by atoms with Crippen molar-refractivity contribution < 1.29 is 0 Å². The second kappa shape index (κ2) is 23.2. The molecular weight excluding hydrogens is 1010 g/mol. The molecule has 2 heteroatoms. The van der Waals surface area contributed by atoms with Gasteiger partial charge in [0.05, 0.1) is 11.4 Å². The van der Waals surface area contributed by atoms with Crippen LogP contribution in [0.2, 0.25) is 0 Å². The van der Waals surface area contributed by atoms with Gasteiger partial charge in [0.1, 0.15) is 0 Å². The van der Waals surface area contributed by atoms with E-state index in [1.54, 1.807) is 0 Å². The van der Waals surface area contributed by atoms with Gasteiger partial charge in [-0.05, 0) is 149 Å². The molecule has 0 aliphatic carbocycles. The zero-order valence-corrected chi connectivity index (χ0v) is 46.4. The Morgan fingerprint density at radius 2 is 0.440 bits per heavy atom. The fraction of sp³-hybridized carbons (Fsp3) is 0. The smallest absolute Gasteiger partial charge is 0.0540 e. The minimum absolute atomic E-state index is 1.06. The first-order valence-corrected chi connectivity index (χ1v) is 28.8. The molecule has 0 N–H and O–H groups in total. The average molecular weight is 1070 g/mol. The number of fused-ring (bicyclic) bond motifs is 3. The molecule has 0 aliphatic rings. The van der Waals surface area contributed by atoms with Crippen molar-refractivity contribution in [2.75, 3.05) is 9.80 Å². The first kappa shape index (κ1) is 51.1. The highest BCUT2D eigenvalue weighted by atomic mass is 15.1. The molecule has 14 rings (SSSR count). The van der Waals surface area contributed by atoms with Crippen LogP contribution in [0.5, 0.6) is 0 Å². The Hall–Kier alpha value is -11.1. The van der Waals surface area contributed by atoms with Crippen molar-refractivity contribution in [1.82, 2.24) is 0 Å². The summed E-state index contributed by atoms with van der Waals surface area (Å²) in [4.78, 5) is 4.81. The molecule has 0 unspecified atom stereocenters. The maximum Gasteiger partial charge on any atom is 0.0540 e. The van der Waals surface area contributed by atoms with Crippen LogP contribution < -0.4 is 9.80 Å². The van der Waals surface area contributed by atoms with Crippen LogP contribution in [-0.2, 0) is 0 Å². The molecule has 0 radical (unpaired) electrons. The minimum Gasteiger partial charge on any atom is -0.310 e. The summed E-state index contributed by atoms with van der Waals surface area (Å²) in [6, 6.07) is 119. The SMILES string of the molecule is C(=C\c1ccc(N(c2ccc(-c3c(-c4ccc(N(c5ccc(/C=C/c6ccccc6)cc5)c5cccc6ccccc56)cc4)c(-c4ccccc4)c4ccccc4c3-c3ccccc3)cc2)c2cccc3ccccc23)cc1)/c1ccccc1. The fourth-order valence-corrected chi connectivity index (χ4v) is 12.0. The topological polar surface area (TPSA) is 6.48 Å². The van der Waals surface area contributed by atoms with Gasteiger partial charge in [-0.2, -0.15) is 0 Å². The molecule has 84 heavy (non-hydrogen) atoms. The quantitative estimate of drug-likeness (QED) is 0.100. The molecule has 0 aromatic heterocycles. The summed E-state index contributed by atoms with van der Waals surface area (Å²) in [5, 5.41) is 7.15. The van der Waals surface area contributed by atoms with E-state index in [9.17, 15) is 0 Å². The van der Waals surface area contributed by atoms with E-state index in [4.69, 9.17) is 0 Å². The van der Waals surface area contributed by atoms with Crippen LogP contribution in [0, 0.1) is 0 Å². The highest BCUT2D eigenvalue weighted by Crippen LogP contribution is 2.52. The van der Waals surface area contributed by atoms with Crippen molar-refractivity contribution in [3.63, 3.8) is 0 Å². The lowest BCUT2D eigenvalue weighted by atomic mass is 9.79. The molecule has 0 bridgehead atoms. The Morgan fingerprint density at radius 3 is 0.798 bits per heavy atom. The van der Waals surface area contributed by atoms with Crippen molar-refractivity contribution in [2.24, 2.45) is 0 Å². The van der Waals surface area contributed by atoms with Crippen LogP contribution in [0.25, 0.3) is 101 Å². The summed E-state index contributed by atoms with van der Waals surface area (Å²) in [6.07, 6.45) is 8.71. The number of hydrogen-bond acceptors (Lipinski definition) is 2. The Kier molecular flexibility index (Phi) is 14.1. The number of rotatable bonds is 14. The highest BCUT2D eigenvalue weighted by molar-refractivity contribution is 6.18. The number of hydrogen-bond donors (Lipinski definition) is 0. The molecule has 0 heterocycles. The summed E-state index contributed by atoms with van der Waals surface area (Å²) in [5.41, 5.74) is 20.4. The summed E-state index contributed by atoms with van der Waals surface area (Å²) in [5.74, 6) is 0. The van der Waals surface area contributed by atoms with Crippen molar-refractivity contribution in [1.29, 1.82) is 0 Å².